The monoisotopic (exact) mass is 294 g/mol. The first kappa shape index (κ1) is 13.6. The van der Waals surface area contributed by atoms with Gasteiger partial charge in [-0.2, -0.15) is 5.10 Å². The number of amides is 1. The van der Waals surface area contributed by atoms with Crippen molar-refractivity contribution in [2.75, 3.05) is 0 Å². The third-order valence-electron chi connectivity index (χ3n) is 2.36. The van der Waals surface area contributed by atoms with Crippen molar-refractivity contribution in [3.05, 3.63) is 51.2 Å². The van der Waals surface area contributed by atoms with Gasteiger partial charge in [-0.15, -0.1) is 11.3 Å². The smallest absolute Gasteiger partial charge is 0.271 e. The Morgan fingerprint density at radius 3 is 2.79 bits per heavy atom. The molecule has 1 amide bonds. The fraction of sp³-hybridized carbons (Fsp3) is 0.0769. The van der Waals surface area contributed by atoms with Gasteiger partial charge >= 0.3 is 0 Å². The van der Waals surface area contributed by atoms with Crippen LogP contribution in [0, 0.1) is 0 Å². The van der Waals surface area contributed by atoms with Gasteiger partial charge in [-0.05, 0) is 37.3 Å². The third kappa shape index (κ3) is 3.56. The lowest BCUT2D eigenvalue weighted by Gasteiger charge is -2.01. The first-order chi connectivity index (χ1) is 9.06. The fourth-order valence-corrected chi connectivity index (χ4v) is 2.40. The fourth-order valence-electron chi connectivity index (χ4n) is 1.41. The summed E-state index contributed by atoms with van der Waals surface area (Å²) < 4.78 is 0.670. The van der Waals surface area contributed by atoms with Crippen LogP contribution in [0.3, 0.4) is 0 Å². The Kier molecular flexibility index (Phi) is 4.19. The number of nitrogens with one attached hydrogen (secondary N) is 1. The zero-order valence-corrected chi connectivity index (χ0v) is 11.6. The van der Waals surface area contributed by atoms with E-state index in [9.17, 15) is 9.90 Å². The minimum absolute atomic E-state index is 0.0402. The SMILES string of the molecule is C/C(=N/NC(=O)c1cccc(O)c1)c1ccc(Cl)s1. The molecule has 0 spiro atoms. The highest BCUT2D eigenvalue weighted by molar-refractivity contribution is 7.18. The number of phenols is 1. The highest BCUT2D eigenvalue weighted by Crippen LogP contribution is 2.21. The summed E-state index contributed by atoms with van der Waals surface area (Å²) in [5.74, 6) is -0.337. The summed E-state index contributed by atoms with van der Waals surface area (Å²) in [7, 11) is 0. The molecule has 0 unspecified atom stereocenters. The number of halogens is 1. The predicted molar refractivity (Wildman–Crippen MR) is 77.1 cm³/mol. The first-order valence-electron chi connectivity index (χ1n) is 5.45. The molecule has 0 aliphatic carbocycles. The molecule has 1 aromatic heterocycles. The normalized spacial score (nSPS) is 11.4. The summed E-state index contributed by atoms with van der Waals surface area (Å²) in [5.41, 5.74) is 3.45. The van der Waals surface area contributed by atoms with E-state index in [0.717, 1.165) is 4.88 Å². The maximum Gasteiger partial charge on any atom is 0.271 e. The lowest BCUT2D eigenvalue weighted by Crippen LogP contribution is -2.18. The van der Waals surface area contributed by atoms with Crippen LogP contribution < -0.4 is 5.43 Å². The lowest BCUT2D eigenvalue weighted by atomic mass is 10.2. The molecule has 2 aromatic rings. The molecule has 2 rings (SSSR count). The van der Waals surface area contributed by atoms with E-state index in [1.54, 1.807) is 25.1 Å². The minimum Gasteiger partial charge on any atom is -0.508 e. The Morgan fingerprint density at radius 1 is 1.37 bits per heavy atom. The van der Waals surface area contributed by atoms with Gasteiger partial charge in [0, 0.05) is 5.56 Å². The molecule has 98 valence electrons. The number of aromatic hydroxyl groups is 1. The zero-order valence-electron chi connectivity index (χ0n) is 10.1. The molecule has 2 N–H and O–H groups in total. The molecule has 6 heteroatoms. The van der Waals surface area contributed by atoms with Crippen LogP contribution in [0.5, 0.6) is 5.75 Å². The molecule has 0 aliphatic heterocycles. The van der Waals surface area contributed by atoms with E-state index in [4.69, 9.17) is 11.6 Å². The van der Waals surface area contributed by atoms with Gasteiger partial charge in [0.2, 0.25) is 0 Å². The van der Waals surface area contributed by atoms with Gasteiger partial charge in [-0.25, -0.2) is 5.43 Å². The lowest BCUT2D eigenvalue weighted by molar-refractivity contribution is 0.0954. The molecular weight excluding hydrogens is 284 g/mol. The van der Waals surface area contributed by atoms with Crippen LogP contribution in [0.4, 0.5) is 0 Å². The molecule has 4 nitrogen and oxygen atoms in total. The molecule has 0 aliphatic rings. The number of hydrogen-bond donors (Lipinski definition) is 2. The van der Waals surface area contributed by atoms with Crippen LogP contribution >= 0.6 is 22.9 Å². The number of rotatable bonds is 3. The van der Waals surface area contributed by atoms with Crippen LogP contribution in [0.15, 0.2) is 41.5 Å². The second-order valence-corrected chi connectivity index (χ2v) is 5.51. The van der Waals surface area contributed by atoms with E-state index in [-0.39, 0.29) is 11.7 Å². The Morgan fingerprint density at radius 2 is 2.16 bits per heavy atom. The number of nitrogens with zero attached hydrogens (tertiary/aromatic N) is 1. The Hall–Kier alpha value is -1.85. The minimum atomic E-state index is -0.377. The van der Waals surface area contributed by atoms with E-state index in [0.29, 0.717) is 15.6 Å². The maximum atomic E-state index is 11.8. The van der Waals surface area contributed by atoms with Crippen molar-refractivity contribution in [1.29, 1.82) is 0 Å². The van der Waals surface area contributed by atoms with E-state index < -0.39 is 0 Å². The van der Waals surface area contributed by atoms with Gasteiger partial charge in [0.05, 0.1) is 14.9 Å². The van der Waals surface area contributed by atoms with Crippen LogP contribution in [-0.2, 0) is 0 Å². The molecule has 1 aromatic carbocycles. The molecule has 0 radical (unpaired) electrons. The van der Waals surface area contributed by atoms with Crippen molar-refractivity contribution in [1.82, 2.24) is 5.43 Å². The van der Waals surface area contributed by atoms with E-state index >= 15 is 0 Å². The summed E-state index contributed by atoms with van der Waals surface area (Å²) in [6, 6.07) is 9.69. The summed E-state index contributed by atoms with van der Waals surface area (Å²) in [4.78, 5) is 12.7. The molecule has 0 fully saturated rings. The van der Waals surface area contributed by atoms with Crippen molar-refractivity contribution >= 4 is 34.6 Å². The second kappa shape index (κ2) is 5.86. The van der Waals surface area contributed by atoms with E-state index in [1.165, 1.54) is 23.5 Å². The predicted octanol–water partition coefficient (Wildman–Crippen LogP) is 3.26. The standard InChI is InChI=1S/C13H11ClN2O2S/c1-8(11-5-6-12(14)19-11)15-16-13(18)9-3-2-4-10(17)7-9/h2-7,17H,1H3,(H,16,18)/b15-8-. The van der Waals surface area contributed by atoms with Gasteiger partial charge < -0.3 is 5.11 Å². The van der Waals surface area contributed by atoms with Gasteiger partial charge in [0.1, 0.15) is 5.75 Å². The number of thiophene rings is 1. The molecule has 19 heavy (non-hydrogen) atoms. The number of hydrogen-bond acceptors (Lipinski definition) is 4. The van der Waals surface area contributed by atoms with Crippen molar-refractivity contribution < 1.29 is 9.90 Å². The third-order valence-corrected chi connectivity index (χ3v) is 3.70. The average Bonchev–Trinajstić information content (AvgIpc) is 2.82. The zero-order chi connectivity index (χ0) is 13.8. The van der Waals surface area contributed by atoms with Crippen LogP contribution in [0.2, 0.25) is 4.34 Å². The molecule has 0 atom stereocenters. The highest BCUT2D eigenvalue weighted by atomic mass is 35.5. The van der Waals surface area contributed by atoms with Crippen molar-refractivity contribution in [3.63, 3.8) is 0 Å². The van der Waals surface area contributed by atoms with Gasteiger partial charge in [0.25, 0.3) is 5.91 Å². The van der Waals surface area contributed by atoms with Crippen molar-refractivity contribution in [2.45, 2.75) is 6.92 Å². The summed E-state index contributed by atoms with van der Waals surface area (Å²) >= 11 is 7.22. The van der Waals surface area contributed by atoms with E-state index in [2.05, 4.69) is 10.5 Å². The summed E-state index contributed by atoms with van der Waals surface area (Å²) in [6.07, 6.45) is 0. The molecular formula is C13H11ClN2O2S. The summed E-state index contributed by atoms with van der Waals surface area (Å²) in [5, 5.41) is 13.3. The van der Waals surface area contributed by atoms with E-state index in [1.807, 2.05) is 6.07 Å². The van der Waals surface area contributed by atoms with Crippen LogP contribution in [0.1, 0.15) is 22.2 Å². The topological polar surface area (TPSA) is 61.7 Å². The van der Waals surface area contributed by atoms with Gasteiger partial charge in [-0.1, -0.05) is 17.7 Å². The second-order valence-electron chi connectivity index (χ2n) is 3.79. The van der Waals surface area contributed by atoms with Crippen molar-refractivity contribution in [3.8, 4) is 5.75 Å². The number of hydrazone groups is 1. The maximum absolute atomic E-state index is 11.8. The molecule has 0 saturated heterocycles. The Bertz CT molecular complexity index is 637. The van der Waals surface area contributed by atoms with Gasteiger partial charge in [0.15, 0.2) is 0 Å². The Labute approximate surface area is 119 Å². The number of phenolic OH excluding ortho intramolecular Hbond substituents is 1. The molecule has 0 saturated carbocycles. The first-order valence-corrected chi connectivity index (χ1v) is 6.65. The summed E-state index contributed by atoms with van der Waals surface area (Å²) in [6.45, 7) is 1.78. The molecule has 0 bridgehead atoms. The van der Waals surface area contributed by atoms with Crippen molar-refractivity contribution in [2.24, 2.45) is 5.10 Å². The number of benzene rings is 1. The number of carbonyl (C=O) groups is 1. The van der Waals surface area contributed by atoms with Crippen LogP contribution in [-0.4, -0.2) is 16.7 Å². The van der Waals surface area contributed by atoms with Gasteiger partial charge in [-0.3, -0.25) is 4.79 Å². The quantitative estimate of drug-likeness (QED) is 0.674. The number of carbonyl (C=O) groups excluding carboxylic acids is 1. The average molecular weight is 295 g/mol. The molecule has 1 heterocycles. The highest BCUT2D eigenvalue weighted by Gasteiger charge is 2.06. The Balaban J connectivity index is 2.07. The van der Waals surface area contributed by atoms with Crippen LogP contribution in [0.25, 0.3) is 0 Å². The largest absolute Gasteiger partial charge is 0.508 e.